The average molecular weight is 407 g/mol. The number of benzene rings is 2. The van der Waals surface area contributed by atoms with Crippen LogP contribution in [0.15, 0.2) is 74.2 Å². The maximum absolute atomic E-state index is 5.26. The molecule has 0 heterocycles. The predicted octanol–water partition coefficient (Wildman–Crippen LogP) is 8.42. The van der Waals surface area contributed by atoms with Crippen LogP contribution >= 0.6 is 0 Å². The molecule has 162 valence electrons. The molecule has 0 N–H and O–H groups in total. The molecule has 0 aliphatic heterocycles. The third kappa shape index (κ3) is 10.3. The molecule has 2 aromatic carbocycles. The van der Waals surface area contributed by atoms with Crippen molar-refractivity contribution in [2.45, 2.75) is 77.0 Å². The highest BCUT2D eigenvalue weighted by molar-refractivity contribution is 5.28. The molecule has 2 nitrogen and oxygen atoms in total. The highest BCUT2D eigenvalue weighted by atomic mass is 16.5. The Labute approximate surface area is 183 Å². The Morgan fingerprint density at radius 1 is 0.467 bits per heavy atom. The zero-order chi connectivity index (χ0) is 21.3. The smallest absolute Gasteiger partial charge is 0.126 e. The summed E-state index contributed by atoms with van der Waals surface area (Å²) in [6, 6.07) is 16.7. The first kappa shape index (κ1) is 23.8. The Morgan fingerprint density at radius 2 is 0.767 bits per heavy atom. The molecule has 2 heteroatoms. The van der Waals surface area contributed by atoms with Crippen molar-refractivity contribution in [3.05, 3.63) is 85.3 Å². The van der Waals surface area contributed by atoms with Crippen LogP contribution in [0.4, 0.5) is 0 Å². The maximum atomic E-state index is 5.26. The van der Waals surface area contributed by atoms with Crippen LogP contribution in [-0.4, -0.2) is 0 Å². The van der Waals surface area contributed by atoms with Crippen molar-refractivity contribution < 1.29 is 9.47 Å². The highest BCUT2D eigenvalue weighted by Crippen LogP contribution is 2.17. The Hall–Kier alpha value is -2.48. The van der Waals surface area contributed by atoms with Crippen molar-refractivity contribution in [2.75, 3.05) is 0 Å². The van der Waals surface area contributed by atoms with E-state index in [9.17, 15) is 0 Å². The SMILES string of the molecule is C=COc1ccc(CCCCCCCCCCCCc2ccc(OC=C)cc2)cc1. The van der Waals surface area contributed by atoms with Gasteiger partial charge in [0.25, 0.3) is 0 Å². The Morgan fingerprint density at radius 3 is 1.07 bits per heavy atom. The van der Waals surface area contributed by atoms with Gasteiger partial charge in [0.2, 0.25) is 0 Å². The standard InChI is InChI=1S/C28H38O2/c1-3-29-27-21-17-25(18-22-27)15-13-11-9-7-5-6-8-10-12-14-16-26-19-23-28(24-20-26)30-4-2/h3-4,17-24H,1-2,5-16H2. The summed E-state index contributed by atoms with van der Waals surface area (Å²) in [4.78, 5) is 0. The molecule has 0 radical (unpaired) electrons. The number of ether oxygens (including phenoxy) is 2. The zero-order valence-corrected chi connectivity index (χ0v) is 18.5. The third-order valence-corrected chi connectivity index (χ3v) is 5.47. The fourth-order valence-electron chi connectivity index (χ4n) is 3.73. The van der Waals surface area contributed by atoms with Crippen molar-refractivity contribution in [3.8, 4) is 11.5 Å². The Bertz CT molecular complexity index is 637. The van der Waals surface area contributed by atoms with Gasteiger partial charge in [0.05, 0.1) is 12.5 Å². The molecule has 2 aromatic rings. The van der Waals surface area contributed by atoms with Crippen LogP contribution in [0.5, 0.6) is 11.5 Å². The summed E-state index contributed by atoms with van der Waals surface area (Å²) in [5.41, 5.74) is 2.79. The van der Waals surface area contributed by atoms with E-state index in [1.807, 2.05) is 24.3 Å². The normalized spacial score (nSPS) is 10.5. The van der Waals surface area contributed by atoms with Gasteiger partial charge in [0, 0.05) is 0 Å². The van der Waals surface area contributed by atoms with E-state index in [0.717, 1.165) is 11.5 Å². The first-order chi connectivity index (χ1) is 14.8. The minimum absolute atomic E-state index is 0.863. The summed E-state index contributed by atoms with van der Waals surface area (Å²) >= 11 is 0. The van der Waals surface area contributed by atoms with Crippen LogP contribution in [0.25, 0.3) is 0 Å². The van der Waals surface area contributed by atoms with E-state index in [0.29, 0.717) is 0 Å². The van der Waals surface area contributed by atoms with Gasteiger partial charge >= 0.3 is 0 Å². The van der Waals surface area contributed by atoms with Crippen molar-refractivity contribution in [3.63, 3.8) is 0 Å². The molecular weight excluding hydrogens is 368 g/mol. The number of rotatable bonds is 17. The number of hydrogen-bond acceptors (Lipinski definition) is 2. The van der Waals surface area contributed by atoms with Crippen molar-refractivity contribution in [2.24, 2.45) is 0 Å². The van der Waals surface area contributed by atoms with Crippen LogP contribution in [0.2, 0.25) is 0 Å². The molecule has 0 saturated carbocycles. The first-order valence-corrected chi connectivity index (χ1v) is 11.5. The van der Waals surface area contributed by atoms with E-state index in [-0.39, 0.29) is 0 Å². The summed E-state index contributed by atoms with van der Waals surface area (Å²) in [5, 5.41) is 0. The predicted molar refractivity (Wildman–Crippen MR) is 128 cm³/mol. The number of aryl methyl sites for hydroxylation is 2. The molecule has 0 saturated heterocycles. The van der Waals surface area contributed by atoms with Crippen molar-refractivity contribution >= 4 is 0 Å². The van der Waals surface area contributed by atoms with Gasteiger partial charge in [0.1, 0.15) is 11.5 Å². The number of hydrogen-bond donors (Lipinski definition) is 0. The fourth-order valence-corrected chi connectivity index (χ4v) is 3.73. The Kier molecular flexibility index (Phi) is 12.2. The van der Waals surface area contributed by atoms with E-state index in [2.05, 4.69) is 37.4 Å². The lowest BCUT2D eigenvalue weighted by atomic mass is 10.0. The summed E-state index contributed by atoms with van der Waals surface area (Å²) < 4.78 is 10.5. The monoisotopic (exact) mass is 406 g/mol. The van der Waals surface area contributed by atoms with Crippen LogP contribution in [0.3, 0.4) is 0 Å². The van der Waals surface area contributed by atoms with Gasteiger partial charge in [0.15, 0.2) is 0 Å². The van der Waals surface area contributed by atoms with Gasteiger partial charge in [-0.3, -0.25) is 0 Å². The first-order valence-electron chi connectivity index (χ1n) is 11.5. The molecular formula is C28H38O2. The van der Waals surface area contributed by atoms with Crippen molar-refractivity contribution in [1.82, 2.24) is 0 Å². The molecule has 0 fully saturated rings. The van der Waals surface area contributed by atoms with E-state index in [1.54, 1.807) is 0 Å². The van der Waals surface area contributed by atoms with E-state index >= 15 is 0 Å². The topological polar surface area (TPSA) is 18.5 Å². The number of unbranched alkanes of at least 4 members (excludes halogenated alkanes) is 9. The van der Waals surface area contributed by atoms with E-state index < -0.39 is 0 Å². The van der Waals surface area contributed by atoms with Crippen LogP contribution < -0.4 is 9.47 Å². The largest absolute Gasteiger partial charge is 0.466 e. The van der Waals surface area contributed by atoms with Gasteiger partial charge in [-0.15, -0.1) is 0 Å². The van der Waals surface area contributed by atoms with Crippen LogP contribution in [0.1, 0.15) is 75.3 Å². The van der Waals surface area contributed by atoms with Gasteiger partial charge < -0.3 is 9.47 Å². The third-order valence-electron chi connectivity index (χ3n) is 5.47. The fraction of sp³-hybridized carbons (Fsp3) is 0.429. The second-order valence-electron chi connectivity index (χ2n) is 7.89. The lowest BCUT2D eigenvalue weighted by Gasteiger charge is -2.05. The molecule has 0 atom stereocenters. The Balaban J connectivity index is 1.38. The van der Waals surface area contributed by atoms with Gasteiger partial charge in [-0.2, -0.15) is 0 Å². The molecule has 0 spiro atoms. The second-order valence-corrected chi connectivity index (χ2v) is 7.89. The van der Waals surface area contributed by atoms with Gasteiger partial charge in [-0.05, 0) is 61.1 Å². The maximum Gasteiger partial charge on any atom is 0.126 e. The van der Waals surface area contributed by atoms with Crippen molar-refractivity contribution in [1.29, 1.82) is 0 Å². The molecule has 0 aliphatic carbocycles. The molecule has 0 unspecified atom stereocenters. The molecule has 0 amide bonds. The second kappa shape index (κ2) is 15.4. The minimum Gasteiger partial charge on any atom is -0.466 e. The van der Waals surface area contributed by atoms with Gasteiger partial charge in [-0.25, -0.2) is 0 Å². The summed E-state index contributed by atoms with van der Waals surface area (Å²) in [6.07, 6.45) is 18.8. The zero-order valence-electron chi connectivity index (χ0n) is 18.5. The minimum atomic E-state index is 0.863. The molecule has 30 heavy (non-hydrogen) atoms. The van der Waals surface area contributed by atoms with E-state index in [4.69, 9.17) is 9.47 Å². The molecule has 0 bridgehead atoms. The molecule has 0 aliphatic rings. The van der Waals surface area contributed by atoms with Crippen LogP contribution in [0, 0.1) is 0 Å². The van der Waals surface area contributed by atoms with Crippen LogP contribution in [-0.2, 0) is 12.8 Å². The lowest BCUT2D eigenvalue weighted by molar-refractivity contribution is 0.483. The van der Waals surface area contributed by atoms with Gasteiger partial charge in [-0.1, -0.05) is 88.8 Å². The average Bonchev–Trinajstić information content (AvgIpc) is 2.77. The quantitative estimate of drug-likeness (QED) is 0.194. The molecule has 2 rings (SSSR count). The molecule has 0 aromatic heterocycles. The highest BCUT2D eigenvalue weighted by Gasteiger charge is 1.98. The summed E-state index contributed by atoms with van der Waals surface area (Å²) in [6.45, 7) is 7.16. The summed E-state index contributed by atoms with van der Waals surface area (Å²) in [5.74, 6) is 1.73. The van der Waals surface area contributed by atoms with E-state index in [1.165, 1.54) is 101 Å². The summed E-state index contributed by atoms with van der Waals surface area (Å²) in [7, 11) is 0. The lowest BCUT2D eigenvalue weighted by Crippen LogP contribution is -1.88.